The normalized spacial score (nSPS) is 12.3. The number of halogens is 1. The molecule has 2 aromatic rings. The van der Waals surface area contributed by atoms with Crippen molar-refractivity contribution in [1.82, 2.24) is 10.1 Å². The molecule has 0 saturated carbocycles. The molecule has 1 aromatic heterocycles. The lowest BCUT2D eigenvalue weighted by atomic mass is 10.1. The molecule has 0 amide bonds. The molecular formula is C13H14ClN3O3. The van der Waals surface area contributed by atoms with Gasteiger partial charge in [0.1, 0.15) is 5.56 Å². The fourth-order valence-electron chi connectivity index (χ4n) is 1.93. The zero-order valence-electron chi connectivity index (χ0n) is 11.2. The van der Waals surface area contributed by atoms with E-state index < -0.39 is 4.92 Å². The highest BCUT2D eigenvalue weighted by atomic mass is 35.5. The van der Waals surface area contributed by atoms with E-state index in [-0.39, 0.29) is 17.0 Å². The zero-order valence-corrected chi connectivity index (χ0v) is 11.9. The Morgan fingerprint density at radius 3 is 2.90 bits per heavy atom. The van der Waals surface area contributed by atoms with E-state index in [4.69, 9.17) is 16.1 Å². The summed E-state index contributed by atoms with van der Waals surface area (Å²) in [6, 6.07) is 4.79. The molecule has 7 heteroatoms. The Morgan fingerprint density at radius 2 is 2.25 bits per heavy atom. The molecule has 6 nitrogen and oxygen atoms in total. The Kier molecular flexibility index (Phi) is 4.34. The summed E-state index contributed by atoms with van der Waals surface area (Å²) < 4.78 is 5.14. The Hall–Kier alpha value is -1.95. The molecule has 0 aliphatic rings. The molecule has 2 rings (SSSR count). The van der Waals surface area contributed by atoms with Gasteiger partial charge < -0.3 is 4.52 Å². The van der Waals surface area contributed by atoms with E-state index in [0.717, 1.165) is 12.8 Å². The van der Waals surface area contributed by atoms with Crippen LogP contribution < -0.4 is 0 Å². The molecule has 0 fully saturated rings. The molecule has 20 heavy (non-hydrogen) atoms. The summed E-state index contributed by atoms with van der Waals surface area (Å²) in [5.41, 5.74) is 0.995. The standard InChI is InChI=1S/C13H14ClN3O3/c1-3-5-9(14)12-15-13(20-16-12)11-8(2)6-4-7-10(11)17(18)19/h4,6-7,9H,3,5H2,1-2H3. The highest BCUT2D eigenvalue weighted by Gasteiger charge is 2.24. The summed E-state index contributed by atoms with van der Waals surface area (Å²) in [5, 5.41) is 14.5. The van der Waals surface area contributed by atoms with Gasteiger partial charge in [-0.15, -0.1) is 11.6 Å². The number of hydrogen-bond acceptors (Lipinski definition) is 5. The van der Waals surface area contributed by atoms with Gasteiger partial charge in [0, 0.05) is 6.07 Å². The molecule has 106 valence electrons. The van der Waals surface area contributed by atoms with Gasteiger partial charge >= 0.3 is 0 Å². The van der Waals surface area contributed by atoms with Crippen LogP contribution in [-0.4, -0.2) is 15.1 Å². The molecule has 0 saturated heterocycles. The molecule has 1 atom stereocenters. The smallest absolute Gasteiger partial charge is 0.282 e. The van der Waals surface area contributed by atoms with Crippen molar-refractivity contribution in [2.24, 2.45) is 0 Å². The molecule has 1 aromatic carbocycles. The van der Waals surface area contributed by atoms with Crippen molar-refractivity contribution in [1.29, 1.82) is 0 Å². The third-order valence-electron chi connectivity index (χ3n) is 2.93. The minimum atomic E-state index is -0.462. The molecule has 0 spiro atoms. The minimum absolute atomic E-state index is 0.0539. The fourth-order valence-corrected chi connectivity index (χ4v) is 2.24. The van der Waals surface area contributed by atoms with Gasteiger partial charge in [0.05, 0.1) is 10.3 Å². The van der Waals surface area contributed by atoms with Gasteiger partial charge in [0.15, 0.2) is 5.82 Å². The first-order valence-corrected chi connectivity index (χ1v) is 6.70. The number of aryl methyl sites for hydroxylation is 1. The minimum Gasteiger partial charge on any atom is -0.334 e. The van der Waals surface area contributed by atoms with Crippen LogP contribution in [0.1, 0.15) is 36.5 Å². The van der Waals surface area contributed by atoms with E-state index in [0.29, 0.717) is 17.0 Å². The van der Waals surface area contributed by atoms with Gasteiger partial charge in [-0.1, -0.05) is 30.6 Å². The highest BCUT2D eigenvalue weighted by Crippen LogP contribution is 2.33. The van der Waals surface area contributed by atoms with Crippen molar-refractivity contribution >= 4 is 17.3 Å². The van der Waals surface area contributed by atoms with E-state index in [9.17, 15) is 10.1 Å². The number of aromatic nitrogens is 2. The average molecular weight is 296 g/mol. The lowest BCUT2D eigenvalue weighted by molar-refractivity contribution is -0.384. The number of benzene rings is 1. The maximum absolute atomic E-state index is 11.1. The van der Waals surface area contributed by atoms with Crippen LogP contribution in [0.15, 0.2) is 22.7 Å². The predicted octanol–water partition coefficient (Wildman–Crippen LogP) is 4.03. The van der Waals surface area contributed by atoms with Crippen molar-refractivity contribution < 1.29 is 9.45 Å². The van der Waals surface area contributed by atoms with Gasteiger partial charge in [-0.3, -0.25) is 10.1 Å². The quantitative estimate of drug-likeness (QED) is 0.472. The SMILES string of the molecule is CCCC(Cl)c1noc(-c2c(C)cccc2[N+](=O)[O-])n1. The average Bonchev–Trinajstić information content (AvgIpc) is 2.88. The van der Waals surface area contributed by atoms with Crippen LogP contribution in [0.2, 0.25) is 0 Å². The first-order chi connectivity index (χ1) is 9.54. The number of nitrogens with zero attached hydrogens (tertiary/aromatic N) is 3. The van der Waals surface area contributed by atoms with Crippen molar-refractivity contribution in [2.75, 3.05) is 0 Å². The van der Waals surface area contributed by atoms with Gasteiger partial charge in [-0.05, 0) is 18.9 Å². The van der Waals surface area contributed by atoms with E-state index in [1.165, 1.54) is 6.07 Å². The number of nitro benzene ring substituents is 1. The second-order valence-electron chi connectivity index (χ2n) is 4.44. The van der Waals surface area contributed by atoms with E-state index in [1.54, 1.807) is 19.1 Å². The van der Waals surface area contributed by atoms with Crippen LogP contribution in [0.4, 0.5) is 5.69 Å². The lowest BCUT2D eigenvalue weighted by Crippen LogP contribution is -1.95. The molecule has 1 unspecified atom stereocenters. The van der Waals surface area contributed by atoms with Crippen LogP contribution in [0.5, 0.6) is 0 Å². The number of hydrogen-bond donors (Lipinski definition) is 0. The summed E-state index contributed by atoms with van der Waals surface area (Å²) in [7, 11) is 0. The summed E-state index contributed by atoms with van der Waals surface area (Å²) in [4.78, 5) is 14.8. The zero-order chi connectivity index (χ0) is 14.7. The Balaban J connectivity index is 2.45. The van der Waals surface area contributed by atoms with Crippen molar-refractivity contribution in [2.45, 2.75) is 32.1 Å². The monoisotopic (exact) mass is 295 g/mol. The summed E-state index contributed by atoms with van der Waals surface area (Å²) >= 11 is 6.13. The van der Waals surface area contributed by atoms with Crippen LogP contribution in [0, 0.1) is 17.0 Å². The third-order valence-corrected chi connectivity index (χ3v) is 3.34. The number of rotatable bonds is 5. The van der Waals surface area contributed by atoms with Crippen molar-refractivity contribution in [3.63, 3.8) is 0 Å². The molecule has 0 bridgehead atoms. The predicted molar refractivity (Wildman–Crippen MR) is 74.6 cm³/mol. The van der Waals surface area contributed by atoms with Crippen LogP contribution >= 0.6 is 11.6 Å². The van der Waals surface area contributed by atoms with Crippen LogP contribution in [0.25, 0.3) is 11.5 Å². The van der Waals surface area contributed by atoms with Gasteiger partial charge in [-0.2, -0.15) is 4.98 Å². The number of alkyl halides is 1. The van der Waals surface area contributed by atoms with E-state index in [1.807, 2.05) is 6.92 Å². The molecular weight excluding hydrogens is 282 g/mol. The second-order valence-corrected chi connectivity index (χ2v) is 4.97. The molecule has 0 radical (unpaired) electrons. The Bertz CT molecular complexity index is 627. The van der Waals surface area contributed by atoms with E-state index >= 15 is 0 Å². The topological polar surface area (TPSA) is 82.1 Å². The van der Waals surface area contributed by atoms with Gasteiger partial charge in [0.25, 0.3) is 11.6 Å². The van der Waals surface area contributed by atoms with E-state index in [2.05, 4.69) is 10.1 Å². The largest absolute Gasteiger partial charge is 0.334 e. The maximum atomic E-state index is 11.1. The Labute approximate surface area is 120 Å². The van der Waals surface area contributed by atoms with Crippen LogP contribution in [-0.2, 0) is 0 Å². The highest BCUT2D eigenvalue weighted by molar-refractivity contribution is 6.20. The summed E-state index contributed by atoms with van der Waals surface area (Å²) in [6.45, 7) is 3.76. The summed E-state index contributed by atoms with van der Waals surface area (Å²) in [5.74, 6) is 0.493. The van der Waals surface area contributed by atoms with Crippen LogP contribution in [0.3, 0.4) is 0 Å². The van der Waals surface area contributed by atoms with Gasteiger partial charge in [-0.25, -0.2) is 0 Å². The van der Waals surface area contributed by atoms with Crippen molar-refractivity contribution in [3.05, 3.63) is 39.7 Å². The molecule has 0 aliphatic heterocycles. The lowest BCUT2D eigenvalue weighted by Gasteiger charge is -2.02. The maximum Gasteiger partial charge on any atom is 0.282 e. The molecule has 1 heterocycles. The van der Waals surface area contributed by atoms with Crippen molar-refractivity contribution in [3.8, 4) is 11.5 Å². The summed E-state index contributed by atoms with van der Waals surface area (Å²) in [6.07, 6.45) is 1.61. The molecule has 0 N–H and O–H groups in total. The molecule has 0 aliphatic carbocycles. The fraction of sp³-hybridized carbons (Fsp3) is 0.385. The first-order valence-electron chi connectivity index (χ1n) is 6.26. The Morgan fingerprint density at radius 1 is 1.50 bits per heavy atom. The van der Waals surface area contributed by atoms with Gasteiger partial charge in [0.2, 0.25) is 0 Å². The number of nitro groups is 1. The third kappa shape index (κ3) is 2.80. The first kappa shape index (κ1) is 14.5. The second kappa shape index (κ2) is 6.00.